The smallest absolute Gasteiger partial charge is 0.258 e. The van der Waals surface area contributed by atoms with E-state index in [-0.39, 0.29) is 6.23 Å². The third-order valence-corrected chi connectivity index (χ3v) is 5.62. The molecule has 1 saturated heterocycles. The Labute approximate surface area is 114 Å². The van der Waals surface area contributed by atoms with Crippen molar-refractivity contribution < 1.29 is 13.3 Å². The number of nitrogens with zero attached hydrogens (tertiary/aromatic N) is 1. The summed E-state index contributed by atoms with van der Waals surface area (Å²) in [4.78, 5) is 5.67. The highest BCUT2D eigenvalue weighted by molar-refractivity contribution is 7.89. The third-order valence-electron chi connectivity index (χ3n) is 3.98. The van der Waals surface area contributed by atoms with Gasteiger partial charge in [0.15, 0.2) is 6.23 Å². The molecule has 0 bridgehead atoms. The first-order chi connectivity index (χ1) is 9.09. The van der Waals surface area contributed by atoms with Crippen LogP contribution in [-0.2, 0) is 14.9 Å². The minimum Gasteiger partial charge on any atom is -0.258 e. The Morgan fingerprint density at radius 2 is 1.74 bits per heavy atom. The summed E-state index contributed by atoms with van der Waals surface area (Å²) in [5, 5.41) is 0. The minimum absolute atomic E-state index is 0.230. The predicted molar refractivity (Wildman–Crippen MR) is 71.7 cm³/mol. The van der Waals surface area contributed by atoms with E-state index in [4.69, 9.17) is 4.84 Å². The summed E-state index contributed by atoms with van der Waals surface area (Å²) in [7, 11) is -3.47. The monoisotopic (exact) mass is 281 g/mol. The molecule has 1 aromatic carbocycles. The zero-order chi connectivity index (χ0) is 13.5. The lowest BCUT2D eigenvalue weighted by molar-refractivity contribution is 0.243. The van der Waals surface area contributed by atoms with Gasteiger partial charge in [0, 0.05) is 5.92 Å². The molecule has 1 aliphatic carbocycles. The average Bonchev–Trinajstić information content (AvgIpc) is 3.21. The summed E-state index contributed by atoms with van der Waals surface area (Å²) >= 11 is 0. The van der Waals surface area contributed by atoms with Crippen LogP contribution < -0.4 is 0 Å². The molecule has 0 radical (unpaired) electrons. The summed E-state index contributed by atoms with van der Waals surface area (Å²) < 4.78 is 25.9. The van der Waals surface area contributed by atoms with Gasteiger partial charge in [0.1, 0.15) is 0 Å². The Bertz CT molecular complexity index is 547. The van der Waals surface area contributed by atoms with Gasteiger partial charge in [-0.25, -0.2) is 8.42 Å². The Hall–Kier alpha value is -0.910. The van der Waals surface area contributed by atoms with Gasteiger partial charge in [-0.1, -0.05) is 37.0 Å². The van der Waals surface area contributed by atoms with Crippen LogP contribution in [0.5, 0.6) is 0 Å². The maximum absolute atomic E-state index is 12.4. The fourth-order valence-corrected chi connectivity index (χ4v) is 4.10. The van der Waals surface area contributed by atoms with Gasteiger partial charge in [-0.3, -0.25) is 4.84 Å². The van der Waals surface area contributed by atoms with E-state index < -0.39 is 10.0 Å². The molecule has 2 aliphatic rings. The van der Waals surface area contributed by atoms with E-state index in [0.29, 0.717) is 10.8 Å². The minimum atomic E-state index is -3.47. The van der Waals surface area contributed by atoms with Crippen molar-refractivity contribution in [1.29, 1.82) is 0 Å². The largest absolute Gasteiger partial charge is 0.267 e. The molecule has 1 saturated carbocycles. The van der Waals surface area contributed by atoms with Crippen LogP contribution >= 0.6 is 0 Å². The molecule has 0 amide bonds. The lowest BCUT2D eigenvalue weighted by atomic mass is 9.89. The van der Waals surface area contributed by atoms with Crippen LogP contribution in [0.15, 0.2) is 29.2 Å². The fraction of sp³-hybridized carbons (Fsp3) is 0.571. The van der Waals surface area contributed by atoms with Gasteiger partial charge in [0.05, 0.1) is 4.90 Å². The van der Waals surface area contributed by atoms with Crippen LogP contribution in [0.2, 0.25) is 0 Å². The lowest BCUT2D eigenvalue weighted by Crippen LogP contribution is -2.21. The molecule has 1 aromatic rings. The standard InChI is InChI=1S/C14H19NO3S/c1-11-7-9-13(10-8-11)19(16,17)15-14(18-15)12-5-3-2-4-6-12/h7-10,12,14H,2-6H2,1H3/t14-,15?/m0/s1. The molecular formula is C14H19NO3S. The van der Waals surface area contributed by atoms with Gasteiger partial charge < -0.3 is 0 Å². The van der Waals surface area contributed by atoms with Gasteiger partial charge in [0.25, 0.3) is 10.0 Å². The van der Waals surface area contributed by atoms with Crippen LogP contribution in [0.4, 0.5) is 0 Å². The third kappa shape index (κ3) is 2.55. The molecule has 4 nitrogen and oxygen atoms in total. The maximum atomic E-state index is 12.4. The molecule has 0 spiro atoms. The highest BCUT2D eigenvalue weighted by Crippen LogP contribution is 2.40. The van der Waals surface area contributed by atoms with Crippen molar-refractivity contribution in [3.05, 3.63) is 29.8 Å². The molecule has 19 heavy (non-hydrogen) atoms. The molecular weight excluding hydrogens is 262 g/mol. The topological polar surface area (TPSA) is 49.7 Å². The average molecular weight is 281 g/mol. The Morgan fingerprint density at radius 3 is 2.37 bits per heavy atom. The van der Waals surface area contributed by atoms with Gasteiger partial charge in [-0.05, 0) is 36.4 Å². The van der Waals surface area contributed by atoms with Crippen molar-refractivity contribution in [2.24, 2.45) is 5.92 Å². The molecule has 5 heteroatoms. The number of benzene rings is 1. The fourth-order valence-electron chi connectivity index (χ4n) is 2.76. The van der Waals surface area contributed by atoms with E-state index >= 15 is 0 Å². The van der Waals surface area contributed by atoms with Crippen molar-refractivity contribution in [1.82, 2.24) is 4.47 Å². The molecule has 0 aromatic heterocycles. The van der Waals surface area contributed by atoms with Crippen LogP contribution in [-0.4, -0.2) is 19.1 Å². The Kier molecular flexibility index (Phi) is 3.37. The summed E-state index contributed by atoms with van der Waals surface area (Å²) in [6.45, 7) is 1.94. The number of hydrogen-bond acceptors (Lipinski definition) is 3. The van der Waals surface area contributed by atoms with E-state index in [1.54, 1.807) is 12.1 Å². The number of rotatable bonds is 3. The van der Waals surface area contributed by atoms with E-state index in [1.807, 2.05) is 19.1 Å². The van der Waals surface area contributed by atoms with Crippen molar-refractivity contribution in [2.45, 2.75) is 50.2 Å². The van der Waals surface area contributed by atoms with Gasteiger partial charge >= 0.3 is 0 Å². The van der Waals surface area contributed by atoms with E-state index in [0.717, 1.165) is 18.4 Å². The SMILES string of the molecule is Cc1ccc(S(=O)(=O)N2O[C@H]2C2CCCCC2)cc1. The molecule has 2 atom stereocenters. The summed E-state index contributed by atoms with van der Waals surface area (Å²) in [5.41, 5.74) is 1.05. The molecule has 104 valence electrons. The van der Waals surface area contributed by atoms with E-state index in [9.17, 15) is 8.42 Å². The maximum Gasteiger partial charge on any atom is 0.267 e. The van der Waals surface area contributed by atoms with E-state index in [1.165, 1.54) is 23.7 Å². The Morgan fingerprint density at radius 1 is 1.11 bits per heavy atom. The first-order valence-electron chi connectivity index (χ1n) is 6.87. The first kappa shape index (κ1) is 13.1. The highest BCUT2D eigenvalue weighted by atomic mass is 32.2. The number of hydrogen-bond donors (Lipinski definition) is 0. The first-order valence-corrected chi connectivity index (χ1v) is 8.31. The van der Waals surface area contributed by atoms with Crippen molar-refractivity contribution in [3.63, 3.8) is 0 Å². The van der Waals surface area contributed by atoms with Crippen molar-refractivity contribution in [2.75, 3.05) is 0 Å². The molecule has 2 fully saturated rings. The normalized spacial score (nSPS) is 28.3. The molecule has 0 N–H and O–H groups in total. The molecule has 3 rings (SSSR count). The van der Waals surface area contributed by atoms with E-state index in [2.05, 4.69) is 0 Å². The van der Waals surface area contributed by atoms with Crippen LogP contribution in [0.1, 0.15) is 37.7 Å². The predicted octanol–water partition coefficient (Wildman–Crippen LogP) is 2.84. The van der Waals surface area contributed by atoms with Gasteiger partial charge in [0.2, 0.25) is 0 Å². The lowest BCUT2D eigenvalue weighted by Gasteiger charge is -2.18. The van der Waals surface area contributed by atoms with Crippen LogP contribution in [0.25, 0.3) is 0 Å². The molecule has 1 unspecified atom stereocenters. The summed E-state index contributed by atoms with van der Waals surface area (Å²) in [6.07, 6.45) is 5.54. The quantitative estimate of drug-likeness (QED) is 0.800. The second-order valence-corrected chi connectivity index (χ2v) is 7.25. The second-order valence-electron chi connectivity index (χ2n) is 5.47. The summed E-state index contributed by atoms with van der Waals surface area (Å²) in [6, 6.07) is 6.91. The number of sulfonamides is 1. The Balaban J connectivity index is 1.74. The van der Waals surface area contributed by atoms with Crippen molar-refractivity contribution in [3.8, 4) is 0 Å². The van der Waals surface area contributed by atoms with Crippen LogP contribution in [0.3, 0.4) is 0 Å². The van der Waals surface area contributed by atoms with Crippen LogP contribution in [0, 0.1) is 12.8 Å². The zero-order valence-electron chi connectivity index (χ0n) is 11.1. The van der Waals surface area contributed by atoms with Crippen molar-refractivity contribution >= 4 is 10.0 Å². The molecule has 1 aliphatic heterocycles. The number of aryl methyl sites for hydroxylation is 1. The summed E-state index contributed by atoms with van der Waals surface area (Å²) in [5.74, 6) is 0.369. The number of hydroxylamine groups is 1. The highest BCUT2D eigenvalue weighted by Gasteiger charge is 2.51. The zero-order valence-corrected chi connectivity index (χ0v) is 11.9. The van der Waals surface area contributed by atoms with Gasteiger partial charge in [-0.2, -0.15) is 0 Å². The second kappa shape index (κ2) is 4.89. The van der Waals surface area contributed by atoms with Gasteiger partial charge in [-0.15, -0.1) is 0 Å². The molecule has 1 heterocycles.